The van der Waals surface area contributed by atoms with Crippen LogP contribution < -0.4 is 5.32 Å². The van der Waals surface area contributed by atoms with Crippen LogP contribution in [0.25, 0.3) is 0 Å². The minimum Gasteiger partial charge on any atom is -0.313 e. The van der Waals surface area contributed by atoms with E-state index in [1.165, 1.54) is 28.7 Å². The number of benzene rings is 1. The minimum absolute atomic E-state index is 0.545. The van der Waals surface area contributed by atoms with Crippen LogP contribution in [0.4, 0.5) is 0 Å². The molecule has 3 atom stereocenters. The quantitative estimate of drug-likeness (QED) is 0.833. The van der Waals surface area contributed by atoms with Crippen molar-refractivity contribution in [3.63, 3.8) is 0 Å². The zero-order valence-corrected chi connectivity index (χ0v) is 12.0. The molecule has 0 aromatic heterocycles. The fourth-order valence-electron chi connectivity index (χ4n) is 3.10. The van der Waals surface area contributed by atoms with Crippen molar-refractivity contribution in [3.8, 4) is 0 Å². The highest BCUT2D eigenvalue weighted by molar-refractivity contribution is 5.46. The van der Waals surface area contributed by atoms with Crippen LogP contribution in [-0.4, -0.2) is 7.05 Å². The van der Waals surface area contributed by atoms with E-state index in [2.05, 4.69) is 53.0 Å². The summed E-state index contributed by atoms with van der Waals surface area (Å²) in [6.45, 7) is 11.4. The molecule has 1 heteroatoms. The largest absolute Gasteiger partial charge is 0.313 e. The number of aryl methyl sites for hydroxylation is 2. The third kappa shape index (κ3) is 2.13. The van der Waals surface area contributed by atoms with Gasteiger partial charge in [-0.3, -0.25) is 0 Å². The highest BCUT2D eigenvalue weighted by atomic mass is 14.9. The summed E-state index contributed by atoms with van der Waals surface area (Å²) < 4.78 is 0. The maximum Gasteiger partial charge on any atom is 0.0354 e. The van der Waals surface area contributed by atoms with Crippen molar-refractivity contribution in [1.82, 2.24) is 5.32 Å². The highest BCUT2D eigenvalue weighted by Crippen LogP contribution is 2.48. The molecule has 1 fully saturated rings. The molecule has 0 heterocycles. The van der Waals surface area contributed by atoms with Gasteiger partial charge in [0, 0.05) is 6.04 Å². The van der Waals surface area contributed by atoms with E-state index in [0.717, 1.165) is 11.8 Å². The number of rotatable bonds is 3. The van der Waals surface area contributed by atoms with E-state index in [4.69, 9.17) is 0 Å². The van der Waals surface area contributed by atoms with Crippen molar-refractivity contribution in [2.45, 2.75) is 47.1 Å². The molecule has 1 N–H and O–H groups in total. The Labute approximate surface area is 106 Å². The molecule has 17 heavy (non-hydrogen) atoms. The van der Waals surface area contributed by atoms with Gasteiger partial charge in [-0.1, -0.05) is 13.0 Å². The summed E-state index contributed by atoms with van der Waals surface area (Å²) in [5.41, 5.74) is 7.37. The second kappa shape index (κ2) is 4.45. The zero-order chi connectivity index (χ0) is 12.7. The average Bonchev–Trinajstić information content (AvgIpc) is 2.99. The topological polar surface area (TPSA) is 12.0 Å². The Morgan fingerprint density at radius 1 is 1.12 bits per heavy atom. The molecular weight excluding hydrogens is 206 g/mol. The molecule has 1 aliphatic carbocycles. The van der Waals surface area contributed by atoms with Crippen LogP contribution in [0.3, 0.4) is 0 Å². The lowest BCUT2D eigenvalue weighted by atomic mass is 9.87. The van der Waals surface area contributed by atoms with Crippen molar-refractivity contribution >= 4 is 0 Å². The first kappa shape index (κ1) is 12.6. The van der Waals surface area contributed by atoms with Crippen LogP contribution in [0.2, 0.25) is 0 Å². The molecule has 1 aromatic rings. The molecule has 1 nitrogen and oxygen atoms in total. The zero-order valence-electron chi connectivity index (χ0n) is 12.0. The van der Waals surface area contributed by atoms with Crippen LogP contribution in [0.5, 0.6) is 0 Å². The van der Waals surface area contributed by atoms with Crippen LogP contribution >= 0.6 is 0 Å². The Hall–Kier alpha value is -0.820. The first-order valence-electron chi connectivity index (χ1n) is 6.72. The molecule has 0 radical (unpaired) electrons. The summed E-state index contributed by atoms with van der Waals surface area (Å²) in [6, 6.07) is 2.86. The molecule has 94 valence electrons. The third-order valence-electron chi connectivity index (χ3n) is 4.65. The second-order valence-electron chi connectivity index (χ2n) is 5.82. The van der Waals surface area contributed by atoms with E-state index in [1.54, 1.807) is 5.56 Å². The Morgan fingerprint density at radius 2 is 1.59 bits per heavy atom. The summed E-state index contributed by atoms with van der Waals surface area (Å²) in [7, 11) is 2.10. The van der Waals surface area contributed by atoms with Gasteiger partial charge in [0.25, 0.3) is 0 Å². The van der Waals surface area contributed by atoms with Gasteiger partial charge in [0.1, 0.15) is 0 Å². The van der Waals surface area contributed by atoms with Crippen LogP contribution in [-0.2, 0) is 0 Å². The van der Waals surface area contributed by atoms with Gasteiger partial charge in [-0.2, -0.15) is 0 Å². The Balaban J connectivity index is 2.49. The van der Waals surface area contributed by atoms with Gasteiger partial charge < -0.3 is 5.32 Å². The van der Waals surface area contributed by atoms with Gasteiger partial charge in [-0.05, 0) is 80.8 Å². The summed E-state index contributed by atoms with van der Waals surface area (Å²) >= 11 is 0. The van der Waals surface area contributed by atoms with Crippen molar-refractivity contribution in [2.75, 3.05) is 7.05 Å². The summed E-state index contributed by atoms with van der Waals surface area (Å²) in [4.78, 5) is 0. The summed E-state index contributed by atoms with van der Waals surface area (Å²) in [6.07, 6.45) is 1.37. The lowest BCUT2D eigenvalue weighted by Gasteiger charge is -2.24. The normalized spacial score (nSPS) is 24.8. The van der Waals surface area contributed by atoms with Crippen molar-refractivity contribution in [1.29, 1.82) is 0 Å². The molecule has 0 bridgehead atoms. The van der Waals surface area contributed by atoms with Crippen LogP contribution in [0.15, 0.2) is 6.07 Å². The first-order chi connectivity index (χ1) is 7.97. The molecular formula is C16H25N. The standard InChI is InChI=1S/C16H25N/c1-9-7-10(2)13(5)15(12(9)4)16(17-6)14-8-11(14)3/h7,11,14,16-17H,8H2,1-6H3. The molecule has 1 aromatic carbocycles. The Bertz CT molecular complexity index is 407. The summed E-state index contributed by atoms with van der Waals surface area (Å²) in [5.74, 6) is 1.71. The third-order valence-corrected chi connectivity index (χ3v) is 4.65. The Kier molecular flexibility index (Phi) is 3.31. The van der Waals surface area contributed by atoms with Crippen LogP contribution in [0, 0.1) is 39.5 Å². The van der Waals surface area contributed by atoms with Gasteiger partial charge in [0.15, 0.2) is 0 Å². The van der Waals surface area contributed by atoms with E-state index < -0.39 is 0 Å². The maximum atomic E-state index is 3.55. The minimum atomic E-state index is 0.545. The van der Waals surface area contributed by atoms with E-state index in [9.17, 15) is 0 Å². The van der Waals surface area contributed by atoms with Gasteiger partial charge >= 0.3 is 0 Å². The predicted octanol–water partition coefficient (Wildman–Crippen LogP) is 3.84. The summed E-state index contributed by atoms with van der Waals surface area (Å²) in [5, 5.41) is 3.55. The van der Waals surface area contributed by atoms with Crippen molar-refractivity contribution < 1.29 is 0 Å². The van der Waals surface area contributed by atoms with Gasteiger partial charge in [0.2, 0.25) is 0 Å². The lowest BCUT2D eigenvalue weighted by molar-refractivity contribution is 0.499. The SMILES string of the molecule is CNC(c1c(C)c(C)cc(C)c1C)C1CC1C. The second-order valence-corrected chi connectivity index (χ2v) is 5.82. The van der Waals surface area contributed by atoms with E-state index in [1.807, 2.05) is 0 Å². The molecule has 2 rings (SSSR count). The molecule has 0 spiro atoms. The fraction of sp³-hybridized carbons (Fsp3) is 0.625. The fourth-order valence-corrected chi connectivity index (χ4v) is 3.10. The van der Waals surface area contributed by atoms with Gasteiger partial charge in [-0.15, -0.1) is 0 Å². The number of hydrogen-bond donors (Lipinski definition) is 1. The molecule has 0 saturated heterocycles. The van der Waals surface area contributed by atoms with E-state index >= 15 is 0 Å². The average molecular weight is 231 g/mol. The molecule has 1 saturated carbocycles. The number of nitrogens with one attached hydrogen (secondary N) is 1. The first-order valence-corrected chi connectivity index (χ1v) is 6.72. The van der Waals surface area contributed by atoms with Gasteiger partial charge in [-0.25, -0.2) is 0 Å². The predicted molar refractivity (Wildman–Crippen MR) is 74.5 cm³/mol. The lowest BCUT2D eigenvalue weighted by Crippen LogP contribution is -2.22. The van der Waals surface area contributed by atoms with Crippen molar-refractivity contribution in [2.24, 2.45) is 11.8 Å². The maximum absolute atomic E-state index is 3.55. The smallest absolute Gasteiger partial charge is 0.0354 e. The number of hydrogen-bond acceptors (Lipinski definition) is 1. The van der Waals surface area contributed by atoms with E-state index in [0.29, 0.717) is 6.04 Å². The molecule has 3 unspecified atom stereocenters. The Morgan fingerprint density at radius 3 is 1.94 bits per heavy atom. The van der Waals surface area contributed by atoms with Crippen LogP contribution in [0.1, 0.15) is 47.2 Å². The van der Waals surface area contributed by atoms with Crippen molar-refractivity contribution in [3.05, 3.63) is 33.9 Å². The molecule has 0 amide bonds. The molecule has 0 aliphatic heterocycles. The van der Waals surface area contributed by atoms with E-state index in [-0.39, 0.29) is 0 Å². The van der Waals surface area contributed by atoms with Gasteiger partial charge in [0.05, 0.1) is 0 Å². The highest BCUT2D eigenvalue weighted by Gasteiger charge is 2.40. The molecule has 1 aliphatic rings. The monoisotopic (exact) mass is 231 g/mol.